The Labute approximate surface area is 125 Å². The molecule has 0 amide bonds. The molecule has 0 atom stereocenters. The minimum atomic E-state index is -4.92. The molecule has 121 valence electrons. The minimum Gasteiger partial charge on any atom is -0.869 e. The molecule has 11 heteroatoms. The van der Waals surface area contributed by atoms with Gasteiger partial charge in [-0.1, -0.05) is 0 Å². The Morgan fingerprint density at radius 3 is 1.00 bits per heavy atom. The van der Waals surface area contributed by atoms with E-state index in [0.717, 1.165) is 13.8 Å². The summed E-state index contributed by atoms with van der Waals surface area (Å²) in [5.74, 6) is -6.02. The zero-order valence-corrected chi connectivity index (χ0v) is 11.6. The van der Waals surface area contributed by atoms with E-state index in [4.69, 9.17) is 0 Å². The second kappa shape index (κ2) is 9.45. The van der Waals surface area contributed by atoms with Crippen molar-refractivity contribution in [1.82, 2.24) is 0 Å². The molecule has 0 aliphatic rings. The van der Waals surface area contributed by atoms with Crippen LogP contribution in [-0.4, -0.2) is 23.9 Å². The van der Waals surface area contributed by atoms with Crippen molar-refractivity contribution in [3.8, 4) is 0 Å². The summed E-state index contributed by atoms with van der Waals surface area (Å²) in [5.41, 5.74) is 0. The monoisotopic (exact) mass is 361 g/mol. The van der Waals surface area contributed by atoms with Crippen molar-refractivity contribution in [1.29, 1.82) is 0 Å². The fourth-order valence-electron chi connectivity index (χ4n) is 0.533. The van der Waals surface area contributed by atoms with Crippen molar-refractivity contribution < 1.29 is 63.2 Å². The van der Waals surface area contributed by atoms with Gasteiger partial charge in [0.2, 0.25) is 0 Å². The smallest absolute Gasteiger partial charge is 0.869 e. The first-order valence-corrected chi connectivity index (χ1v) is 4.61. The topological polar surface area (TPSA) is 80.3 Å². The predicted octanol–water partition coefficient (Wildman–Crippen LogP) is 0.761. The predicted molar refractivity (Wildman–Crippen MR) is 49.6 cm³/mol. The molecule has 21 heavy (non-hydrogen) atoms. The number of carbonyl (C=O) groups is 2. The van der Waals surface area contributed by atoms with Crippen molar-refractivity contribution in [2.24, 2.45) is 0 Å². The quantitative estimate of drug-likeness (QED) is 0.315. The van der Waals surface area contributed by atoms with Crippen LogP contribution in [0.2, 0.25) is 0 Å². The fraction of sp³-hybridized carbons (Fsp3) is 0.400. The van der Waals surface area contributed by atoms with Gasteiger partial charge in [0.05, 0.1) is 0 Å². The average molecular weight is 361 g/mol. The third-order valence-electron chi connectivity index (χ3n) is 1.23. The van der Waals surface area contributed by atoms with Gasteiger partial charge in [0.25, 0.3) is 0 Å². The normalized spacial score (nSPS) is 12.8. The summed E-state index contributed by atoms with van der Waals surface area (Å²) in [6.07, 6.45) is -9.82. The molecule has 0 spiro atoms. The Morgan fingerprint density at radius 1 is 0.762 bits per heavy atom. The third-order valence-corrected chi connectivity index (χ3v) is 1.23. The van der Waals surface area contributed by atoms with Crippen LogP contribution in [-0.2, 0) is 26.7 Å². The van der Waals surface area contributed by atoms with E-state index in [-0.39, 0.29) is 29.2 Å². The summed E-state index contributed by atoms with van der Waals surface area (Å²) in [5, 5.41) is 19.7. The zero-order chi connectivity index (χ0) is 16.7. The van der Waals surface area contributed by atoms with E-state index < -0.39 is 35.4 Å². The van der Waals surface area contributed by atoms with Gasteiger partial charge in [0.15, 0.2) is 11.6 Å². The Hall–Kier alpha value is -1.48. The van der Waals surface area contributed by atoms with Crippen LogP contribution in [0.4, 0.5) is 26.3 Å². The van der Waals surface area contributed by atoms with Gasteiger partial charge in [0.1, 0.15) is 0 Å². The molecule has 0 heterocycles. The number of halogens is 6. The molecule has 0 saturated carbocycles. The maximum Gasteiger partial charge on any atom is 2.00 e. The largest absolute Gasteiger partial charge is 2.00 e. The van der Waals surface area contributed by atoms with Crippen molar-refractivity contribution in [3.05, 3.63) is 23.7 Å². The van der Waals surface area contributed by atoms with E-state index in [1.807, 2.05) is 0 Å². The first-order chi connectivity index (χ1) is 8.67. The maximum absolute atomic E-state index is 11.3. The van der Waals surface area contributed by atoms with Gasteiger partial charge in [-0.05, 0) is 37.5 Å². The molecule has 0 aromatic carbocycles. The third kappa shape index (κ3) is 14.7. The summed E-state index contributed by atoms with van der Waals surface area (Å²) < 4.78 is 67.7. The number of hydrogen-bond acceptors (Lipinski definition) is 4. The molecule has 0 N–H and O–H groups in total. The summed E-state index contributed by atoms with van der Waals surface area (Å²) in [6.45, 7) is 1.76. The van der Waals surface area contributed by atoms with Crippen LogP contribution in [0.15, 0.2) is 23.7 Å². The molecule has 0 rings (SSSR count). The van der Waals surface area contributed by atoms with Crippen LogP contribution in [0.3, 0.4) is 0 Å². The van der Waals surface area contributed by atoms with Gasteiger partial charge < -0.3 is 10.2 Å². The van der Waals surface area contributed by atoms with E-state index in [1.165, 1.54) is 0 Å². The fourth-order valence-corrected chi connectivity index (χ4v) is 0.533. The van der Waals surface area contributed by atoms with E-state index in [2.05, 4.69) is 0 Å². The molecule has 0 aromatic heterocycles. The SMILES string of the molecule is CC(=O)/C=C(\[O-])C(F)(F)F.CC(=O)/C=C(\[O-])C(F)(F)F.[Mn+2]. The number of hydrogen-bond donors (Lipinski definition) is 0. The molecule has 0 fully saturated rings. The van der Waals surface area contributed by atoms with Crippen LogP contribution < -0.4 is 10.2 Å². The second-order valence-electron chi connectivity index (χ2n) is 3.23. The van der Waals surface area contributed by atoms with Crippen molar-refractivity contribution >= 4 is 11.6 Å². The van der Waals surface area contributed by atoms with Gasteiger partial charge in [-0.3, -0.25) is 9.59 Å². The molecule has 0 aliphatic heterocycles. The Bertz CT molecular complexity index is 382. The van der Waals surface area contributed by atoms with Crippen LogP contribution in [0.1, 0.15) is 13.8 Å². The number of carbonyl (C=O) groups excluding carboxylic acids is 2. The van der Waals surface area contributed by atoms with Crippen LogP contribution in [0, 0.1) is 0 Å². The molecule has 0 aromatic rings. The molecule has 0 saturated heterocycles. The van der Waals surface area contributed by atoms with Crippen molar-refractivity contribution in [3.63, 3.8) is 0 Å². The minimum absolute atomic E-state index is 0. The molecular formula is C10H8F6MnO4. The second-order valence-corrected chi connectivity index (χ2v) is 3.23. The number of allylic oxidation sites excluding steroid dienone is 4. The van der Waals surface area contributed by atoms with Gasteiger partial charge in [0, 0.05) is 0 Å². The number of alkyl halides is 6. The molecule has 0 unspecified atom stereocenters. The number of rotatable bonds is 2. The van der Waals surface area contributed by atoms with Gasteiger partial charge in [-0.15, -0.1) is 0 Å². The number of ketones is 2. The van der Waals surface area contributed by atoms with Crippen LogP contribution in [0.25, 0.3) is 0 Å². The molecule has 0 bridgehead atoms. The van der Waals surface area contributed by atoms with Crippen LogP contribution in [0.5, 0.6) is 0 Å². The van der Waals surface area contributed by atoms with Gasteiger partial charge >= 0.3 is 29.4 Å². The Morgan fingerprint density at radius 2 is 0.952 bits per heavy atom. The van der Waals surface area contributed by atoms with Gasteiger partial charge in [-0.25, -0.2) is 0 Å². The standard InChI is InChI=1S/2C5H5F3O2.Mn/c2*1-3(9)2-4(10)5(6,7)8;/h2*2,10H,1H3;/q;;+2/p-2/b2*4-2-;. The van der Waals surface area contributed by atoms with E-state index in [9.17, 15) is 46.1 Å². The molecule has 1 radical (unpaired) electrons. The molecular weight excluding hydrogens is 353 g/mol. The molecule has 0 aliphatic carbocycles. The van der Waals surface area contributed by atoms with E-state index in [0.29, 0.717) is 0 Å². The van der Waals surface area contributed by atoms with E-state index in [1.54, 1.807) is 0 Å². The van der Waals surface area contributed by atoms with Crippen LogP contribution >= 0.6 is 0 Å². The summed E-state index contributed by atoms with van der Waals surface area (Å²) >= 11 is 0. The van der Waals surface area contributed by atoms with Crippen molar-refractivity contribution in [2.75, 3.05) is 0 Å². The molecule has 4 nitrogen and oxygen atoms in total. The van der Waals surface area contributed by atoms with Crippen molar-refractivity contribution in [2.45, 2.75) is 26.2 Å². The summed E-state index contributed by atoms with van der Waals surface area (Å²) in [7, 11) is 0. The average Bonchev–Trinajstić information content (AvgIpc) is 2.13. The zero-order valence-electron chi connectivity index (χ0n) is 10.4. The summed E-state index contributed by atoms with van der Waals surface area (Å²) in [4.78, 5) is 19.8. The van der Waals surface area contributed by atoms with E-state index >= 15 is 0 Å². The Balaban J connectivity index is -0.000000295. The first-order valence-electron chi connectivity index (χ1n) is 4.61. The van der Waals surface area contributed by atoms with Gasteiger partial charge in [-0.2, -0.15) is 26.3 Å². The summed E-state index contributed by atoms with van der Waals surface area (Å²) in [6, 6.07) is 0. The Kier molecular flexibility index (Phi) is 11.0. The maximum atomic E-state index is 11.3. The first kappa shape index (κ1) is 24.5.